The van der Waals surface area contributed by atoms with Crippen molar-refractivity contribution in [2.24, 2.45) is 5.92 Å². The largest absolute Gasteiger partial charge is 0.353 e. The minimum absolute atomic E-state index is 0.168. The van der Waals surface area contributed by atoms with E-state index in [1.54, 1.807) is 0 Å². The van der Waals surface area contributed by atoms with Crippen molar-refractivity contribution in [2.75, 3.05) is 0 Å². The normalized spacial score (nSPS) is 28.5. The summed E-state index contributed by atoms with van der Waals surface area (Å²) in [6.45, 7) is 8.12. The predicted molar refractivity (Wildman–Crippen MR) is 74.9 cm³/mol. The summed E-state index contributed by atoms with van der Waals surface area (Å²) in [5.74, 6) is 0.443. The number of piperidine rings is 1. The summed E-state index contributed by atoms with van der Waals surface area (Å²) in [5, 5.41) is 14.9. The van der Waals surface area contributed by atoms with Crippen LogP contribution >= 0.6 is 0 Å². The van der Waals surface area contributed by atoms with Crippen molar-refractivity contribution < 1.29 is 10.0 Å². The number of hydroxylamine groups is 2. The highest BCUT2D eigenvalue weighted by Crippen LogP contribution is 2.37. The lowest BCUT2D eigenvalue weighted by molar-refractivity contribution is -0.246. The molecule has 19 heavy (non-hydrogen) atoms. The van der Waals surface area contributed by atoms with Crippen LogP contribution < -0.4 is 5.32 Å². The number of rotatable bonds is 2. The van der Waals surface area contributed by atoms with Crippen LogP contribution in [-0.4, -0.2) is 33.3 Å². The number of nitrogens with zero attached hydrogens (tertiary/aromatic N) is 1. The molecule has 0 aromatic carbocycles. The molecule has 0 aromatic heterocycles. The molecule has 2 fully saturated rings. The van der Waals surface area contributed by atoms with Gasteiger partial charge in [0.1, 0.15) is 0 Å². The molecule has 0 spiro atoms. The topological polar surface area (TPSA) is 52.6 Å². The van der Waals surface area contributed by atoms with Crippen molar-refractivity contribution >= 4 is 5.91 Å². The lowest BCUT2D eigenvalue weighted by Gasteiger charge is -2.51. The monoisotopic (exact) mass is 268 g/mol. The fourth-order valence-electron chi connectivity index (χ4n) is 3.88. The highest BCUT2D eigenvalue weighted by Gasteiger charge is 2.45. The fraction of sp³-hybridized carbons (Fsp3) is 0.933. The van der Waals surface area contributed by atoms with Crippen LogP contribution in [-0.2, 0) is 4.79 Å². The molecule has 4 nitrogen and oxygen atoms in total. The zero-order chi connectivity index (χ0) is 14.3. The molecule has 0 aromatic rings. The highest BCUT2D eigenvalue weighted by atomic mass is 16.5. The zero-order valence-electron chi connectivity index (χ0n) is 12.7. The number of nitrogens with one attached hydrogen (secondary N) is 1. The van der Waals surface area contributed by atoms with Gasteiger partial charge in [-0.15, -0.1) is 0 Å². The minimum Gasteiger partial charge on any atom is -0.353 e. The lowest BCUT2D eigenvalue weighted by Crippen LogP contribution is -2.63. The average molecular weight is 268 g/mol. The Hall–Kier alpha value is -0.610. The molecule has 2 aliphatic rings. The van der Waals surface area contributed by atoms with Crippen LogP contribution in [0.2, 0.25) is 0 Å². The Labute approximate surface area is 116 Å². The van der Waals surface area contributed by atoms with Crippen LogP contribution in [0.25, 0.3) is 0 Å². The molecule has 2 rings (SSSR count). The van der Waals surface area contributed by atoms with Crippen molar-refractivity contribution in [3.05, 3.63) is 0 Å². The molecular weight excluding hydrogens is 240 g/mol. The van der Waals surface area contributed by atoms with Gasteiger partial charge >= 0.3 is 0 Å². The SMILES string of the molecule is CC1(C)CC(NC(=O)C2CCCC2)CC(C)(C)N1O. The third kappa shape index (κ3) is 3.11. The van der Waals surface area contributed by atoms with Gasteiger partial charge in [0.2, 0.25) is 5.91 Å². The first-order chi connectivity index (χ1) is 8.72. The third-order valence-corrected chi connectivity index (χ3v) is 4.71. The van der Waals surface area contributed by atoms with Gasteiger partial charge in [-0.25, -0.2) is 0 Å². The Balaban J connectivity index is 1.99. The van der Waals surface area contributed by atoms with Gasteiger partial charge in [0.25, 0.3) is 0 Å². The standard InChI is InChI=1S/C15H28N2O2/c1-14(2)9-12(10-15(3,4)17(14)19)16-13(18)11-7-5-6-8-11/h11-12,19H,5-10H2,1-4H3,(H,16,18). The van der Waals surface area contributed by atoms with Gasteiger partial charge in [-0.05, 0) is 53.4 Å². The molecule has 0 atom stereocenters. The Morgan fingerprint density at radius 2 is 1.58 bits per heavy atom. The summed E-state index contributed by atoms with van der Waals surface area (Å²) >= 11 is 0. The van der Waals surface area contributed by atoms with Crippen molar-refractivity contribution in [3.8, 4) is 0 Å². The van der Waals surface area contributed by atoms with Crippen LogP contribution in [0.1, 0.15) is 66.2 Å². The van der Waals surface area contributed by atoms with E-state index < -0.39 is 0 Å². The van der Waals surface area contributed by atoms with E-state index in [4.69, 9.17) is 0 Å². The maximum absolute atomic E-state index is 12.2. The van der Waals surface area contributed by atoms with Crippen LogP contribution in [0.4, 0.5) is 0 Å². The van der Waals surface area contributed by atoms with E-state index in [0.717, 1.165) is 25.7 Å². The second-order valence-electron chi connectivity index (χ2n) is 7.53. The first-order valence-corrected chi connectivity index (χ1v) is 7.52. The van der Waals surface area contributed by atoms with Crippen molar-refractivity contribution in [1.82, 2.24) is 10.4 Å². The summed E-state index contributed by atoms with van der Waals surface area (Å²) in [7, 11) is 0. The van der Waals surface area contributed by atoms with Gasteiger partial charge in [-0.3, -0.25) is 4.79 Å². The van der Waals surface area contributed by atoms with E-state index in [0.29, 0.717) is 0 Å². The van der Waals surface area contributed by atoms with Gasteiger partial charge in [0.05, 0.1) is 0 Å². The Morgan fingerprint density at radius 1 is 1.11 bits per heavy atom. The van der Waals surface area contributed by atoms with Crippen LogP contribution in [0.15, 0.2) is 0 Å². The first kappa shape index (κ1) is 14.8. The van der Waals surface area contributed by atoms with Gasteiger partial charge in [-0.1, -0.05) is 12.8 Å². The zero-order valence-corrected chi connectivity index (χ0v) is 12.7. The van der Waals surface area contributed by atoms with Gasteiger partial charge in [-0.2, -0.15) is 5.06 Å². The first-order valence-electron chi connectivity index (χ1n) is 7.52. The Kier molecular flexibility index (Phi) is 3.94. The number of hydrogen-bond acceptors (Lipinski definition) is 3. The maximum atomic E-state index is 12.2. The molecular formula is C15H28N2O2. The third-order valence-electron chi connectivity index (χ3n) is 4.71. The molecule has 1 saturated carbocycles. The molecule has 4 heteroatoms. The summed E-state index contributed by atoms with van der Waals surface area (Å²) in [6, 6.07) is 0.168. The molecule has 1 aliphatic carbocycles. The van der Waals surface area contributed by atoms with E-state index in [9.17, 15) is 10.0 Å². The van der Waals surface area contributed by atoms with Gasteiger partial charge in [0.15, 0.2) is 0 Å². The number of hydrogen-bond donors (Lipinski definition) is 2. The Morgan fingerprint density at radius 3 is 2.05 bits per heavy atom. The summed E-state index contributed by atoms with van der Waals surface area (Å²) in [5.41, 5.74) is -0.593. The molecule has 0 bridgehead atoms. The molecule has 1 heterocycles. The van der Waals surface area contributed by atoms with Crippen molar-refractivity contribution in [2.45, 2.75) is 83.3 Å². The molecule has 1 amide bonds. The van der Waals surface area contributed by atoms with Crippen LogP contribution in [0, 0.1) is 5.92 Å². The van der Waals surface area contributed by atoms with Gasteiger partial charge in [0, 0.05) is 23.0 Å². The number of carbonyl (C=O) groups is 1. The summed E-state index contributed by atoms with van der Waals surface area (Å²) in [4.78, 5) is 12.2. The lowest BCUT2D eigenvalue weighted by atomic mass is 9.79. The van der Waals surface area contributed by atoms with Crippen LogP contribution in [0.3, 0.4) is 0 Å². The maximum Gasteiger partial charge on any atom is 0.223 e. The highest BCUT2D eigenvalue weighted by molar-refractivity contribution is 5.79. The van der Waals surface area contributed by atoms with E-state index in [-0.39, 0.29) is 28.9 Å². The molecule has 2 N–H and O–H groups in total. The van der Waals surface area contributed by atoms with E-state index in [1.165, 1.54) is 17.9 Å². The molecule has 0 radical (unpaired) electrons. The molecule has 110 valence electrons. The number of carbonyl (C=O) groups excluding carboxylic acids is 1. The molecule has 0 unspecified atom stereocenters. The second-order valence-corrected chi connectivity index (χ2v) is 7.53. The molecule has 1 aliphatic heterocycles. The Bertz CT molecular complexity index is 328. The molecule has 1 saturated heterocycles. The van der Waals surface area contributed by atoms with Crippen molar-refractivity contribution in [3.63, 3.8) is 0 Å². The summed E-state index contributed by atoms with van der Waals surface area (Å²) < 4.78 is 0. The van der Waals surface area contributed by atoms with Crippen LogP contribution in [0.5, 0.6) is 0 Å². The van der Waals surface area contributed by atoms with E-state index >= 15 is 0 Å². The van der Waals surface area contributed by atoms with E-state index in [1.807, 2.05) is 27.7 Å². The average Bonchev–Trinajstić information content (AvgIpc) is 2.78. The van der Waals surface area contributed by atoms with E-state index in [2.05, 4.69) is 5.32 Å². The minimum atomic E-state index is -0.296. The second kappa shape index (κ2) is 5.06. The fourth-order valence-corrected chi connectivity index (χ4v) is 3.88. The smallest absolute Gasteiger partial charge is 0.223 e. The van der Waals surface area contributed by atoms with Crippen molar-refractivity contribution in [1.29, 1.82) is 0 Å². The summed E-state index contributed by atoms with van der Waals surface area (Å²) in [6.07, 6.45) is 6.04. The quantitative estimate of drug-likeness (QED) is 0.809. The van der Waals surface area contributed by atoms with Gasteiger partial charge < -0.3 is 10.5 Å². The number of amides is 1. The predicted octanol–water partition coefficient (Wildman–Crippen LogP) is 2.70.